The van der Waals surface area contributed by atoms with E-state index in [2.05, 4.69) is 15.4 Å². The summed E-state index contributed by atoms with van der Waals surface area (Å²) in [5, 5.41) is 7.02. The molecule has 11 heteroatoms. The lowest BCUT2D eigenvalue weighted by molar-refractivity contribution is -0.137. The lowest BCUT2D eigenvalue weighted by atomic mass is 10.3. The van der Waals surface area contributed by atoms with Crippen LogP contribution in [0.3, 0.4) is 0 Å². The van der Waals surface area contributed by atoms with E-state index in [4.69, 9.17) is 5.73 Å². The smallest absolute Gasteiger partial charge is 0.364 e. The summed E-state index contributed by atoms with van der Waals surface area (Å²) in [5.74, 6) is -0.978. The third-order valence-electron chi connectivity index (χ3n) is 3.67. The predicted molar refractivity (Wildman–Crippen MR) is 101 cm³/mol. The van der Waals surface area contributed by atoms with Crippen LogP contribution >= 0.6 is 11.8 Å². The van der Waals surface area contributed by atoms with Gasteiger partial charge in [-0.15, -0.1) is 0 Å². The van der Waals surface area contributed by atoms with E-state index in [-0.39, 0.29) is 17.4 Å². The maximum Gasteiger partial charge on any atom is 0.417 e. The van der Waals surface area contributed by atoms with Crippen LogP contribution in [0.5, 0.6) is 0 Å². The molecule has 1 aromatic carbocycles. The summed E-state index contributed by atoms with van der Waals surface area (Å²) >= 11 is 1.02. The fourth-order valence-corrected chi connectivity index (χ4v) is 2.91. The average molecular weight is 421 g/mol. The van der Waals surface area contributed by atoms with E-state index >= 15 is 0 Å². The van der Waals surface area contributed by atoms with E-state index in [1.165, 1.54) is 16.8 Å². The number of carbonyl (C=O) groups is 2. The van der Waals surface area contributed by atoms with E-state index in [1.54, 1.807) is 30.5 Å². The van der Waals surface area contributed by atoms with Crippen molar-refractivity contribution in [2.45, 2.75) is 11.2 Å². The molecule has 7 nitrogen and oxygen atoms in total. The molecule has 3 rings (SSSR count). The van der Waals surface area contributed by atoms with Crippen molar-refractivity contribution < 1.29 is 22.8 Å². The highest BCUT2D eigenvalue weighted by molar-refractivity contribution is 7.99. The van der Waals surface area contributed by atoms with E-state index < -0.39 is 17.6 Å². The van der Waals surface area contributed by atoms with Crippen LogP contribution in [-0.4, -0.2) is 32.3 Å². The van der Waals surface area contributed by atoms with Gasteiger partial charge in [-0.25, -0.2) is 9.67 Å². The number of nitrogens with two attached hydrogens (primary N) is 1. The molecular formula is C18H14F3N5O2S. The normalized spacial score (nSPS) is 11.3. The standard InChI is InChI=1S/C18H14F3N5O2S/c19-18(20,21)11-1-6-16(23-9-11)29-10-15(27)24-12-2-4-13(5-3-12)26-8-7-14(25-26)17(22)28/h1-9H,10H2,(H2,22,28)(H,24,27). The van der Waals surface area contributed by atoms with Crippen molar-refractivity contribution in [2.24, 2.45) is 5.73 Å². The van der Waals surface area contributed by atoms with Gasteiger partial charge in [0.2, 0.25) is 5.91 Å². The Balaban J connectivity index is 1.54. The van der Waals surface area contributed by atoms with Gasteiger partial charge in [-0.3, -0.25) is 9.59 Å². The number of anilines is 1. The molecule has 2 aromatic heterocycles. The number of thioether (sulfide) groups is 1. The number of halogens is 3. The monoisotopic (exact) mass is 421 g/mol. The van der Waals surface area contributed by atoms with Gasteiger partial charge in [0.05, 0.1) is 22.0 Å². The maximum absolute atomic E-state index is 12.5. The summed E-state index contributed by atoms with van der Waals surface area (Å²) in [6.45, 7) is 0. The zero-order valence-electron chi connectivity index (χ0n) is 14.7. The van der Waals surface area contributed by atoms with Gasteiger partial charge >= 0.3 is 6.18 Å². The molecule has 29 heavy (non-hydrogen) atoms. The summed E-state index contributed by atoms with van der Waals surface area (Å²) in [5.41, 5.74) is 5.65. The zero-order chi connectivity index (χ0) is 21.0. The Morgan fingerprint density at radius 1 is 1.10 bits per heavy atom. The largest absolute Gasteiger partial charge is 0.417 e. The molecule has 0 spiro atoms. The lowest BCUT2D eigenvalue weighted by Crippen LogP contribution is -2.14. The SMILES string of the molecule is NC(=O)c1ccn(-c2ccc(NC(=O)CSc3ccc(C(F)(F)F)cn3)cc2)n1. The van der Waals surface area contributed by atoms with Gasteiger partial charge in [0.1, 0.15) is 5.69 Å². The highest BCUT2D eigenvalue weighted by Crippen LogP contribution is 2.29. The highest BCUT2D eigenvalue weighted by Gasteiger charge is 2.30. The molecular weight excluding hydrogens is 407 g/mol. The third kappa shape index (κ3) is 5.35. The van der Waals surface area contributed by atoms with Crippen LogP contribution in [0.15, 0.2) is 59.9 Å². The number of pyridine rings is 1. The topological polar surface area (TPSA) is 103 Å². The Labute approximate surface area is 167 Å². The van der Waals surface area contributed by atoms with Crippen LogP contribution in [0.2, 0.25) is 0 Å². The predicted octanol–water partition coefficient (Wildman–Crippen LogP) is 3.12. The molecule has 0 bridgehead atoms. The summed E-state index contributed by atoms with van der Waals surface area (Å²) < 4.78 is 39.0. The second-order valence-corrected chi connectivity index (χ2v) is 6.77. The van der Waals surface area contributed by atoms with E-state index in [1.807, 2.05) is 0 Å². The van der Waals surface area contributed by atoms with Gasteiger partial charge in [-0.05, 0) is 42.5 Å². The number of primary amides is 1. The van der Waals surface area contributed by atoms with Crippen molar-refractivity contribution in [1.29, 1.82) is 0 Å². The first-order valence-corrected chi connectivity index (χ1v) is 9.13. The van der Waals surface area contributed by atoms with Crippen molar-refractivity contribution in [3.8, 4) is 5.69 Å². The molecule has 0 aliphatic carbocycles. The summed E-state index contributed by atoms with van der Waals surface area (Å²) in [7, 11) is 0. The minimum atomic E-state index is -4.45. The number of aromatic nitrogens is 3. The van der Waals surface area contributed by atoms with Crippen molar-refractivity contribution in [2.75, 3.05) is 11.1 Å². The molecule has 0 aliphatic rings. The molecule has 0 saturated heterocycles. The molecule has 0 aliphatic heterocycles. The molecule has 2 heterocycles. The Kier molecular flexibility index (Phi) is 5.87. The minimum absolute atomic E-state index is 0.0127. The van der Waals surface area contributed by atoms with Crippen molar-refractivity contribution in [1.82, 2.24) is 14.8 Å². The zero-order valence-corrected chi connectivity index (χ0v) is 15.5. The second-order valence-electron chi connectivity index (χ2n) is 5.78. The van der Waals surface area contributed by atoms with E-state index in [0.717, 1.165) is 24.0 Å². The maximum atomic E-state index is 12.5. The number of benzene rings is 1. The Morgan fingerprint density at radius 3 is 2.38 bits per heavy atom. The fraction of sp³-hybridized carbons (Fsp3) is 0.111. The molecule has 3 N–H and O–H groups in total. The van der Waals surface area contributed by atoms with Gasteiger partial charge in [0.25, 0.3) is 5.91 Å². The fourth-order valence-electron chi connectivity index (χ4n) is 2.27. The Morgan fingerprint density at radius 2 is 1.83 bits per heavy atom. The molecule has 0 unspecified atom stereocenters. The van der Waals surface area contributed by atoms with Gasteiger partial charge in [0.15, 0.2) is 0 Å². The van der Waals surface area contributed by atoms with Crippen LogP contribution in [0, 0.1) is 0 Å². The van der Waals surface area contributed by atoms with Crippen LogP contribution < -0.4 is 11.1 Å². The van der Waals surface area contributed by atoms with Crippen molar-refractivity contribution >= 4 is 29.3 Å². The van der Waals surface area contributed by atoms with Crippen LogP contribution in [0.4, 0.5) is 18.9 Å². The molecule has 0 fully saturated rings. The lowest BCUT2D eigenvalue weighted by Gasteiger charge is -2.08. The van der Waals surface area contributed by atoms with Gasteiger partial charge in [0, 0.05) is 18.1 Å². The number of rotatable bonds is 6. The molecule has 150 valence electrons. The minimum Gasteiger partial charge on any atom is -0.364 e. The first-order chi connectivity index (χ1) is 13.7. The van der Waals surface area contributed by atoms with Crippen molar-refractivity contribution in [3.05, 3.63) is 66.1 Å². The molecule has 0 saturated carbocycles. The Bertz CT molecular complexity index is 1020. The number of amides is 2. The van der Waals surface area contributed by atoms with Gasteiger partial charge < -0.3 is 11.1 Å². The number of hydrogen-bond acceptors (Lipinski definition) is 5. The van der Waals surface area contributed by atoms with Crippen LogP contribution in [-0.2, 0) is 11.0 Å². The highest BCUT2D eigenvalue weighted by atomic mass is 32.2. The number of hydrogen-bond donors (Lipinski definition) is 2. The van der Waals surface area contributed by atoms with Crippen LogP contribution in [0.1, 0.15) is 16.1 Å². The summed E-state index contributed by atoms with van der Waals surface area (Å²) in [4.78, 5) is 26.8. The quantitative estimate of drug-likeness (QED) is 0.596. The number of nitrogens with one attached hydrogen (secondary N) is 1. The molecule has 0 radical (unpaired) electrons. The molecule has 3 aromatic rings. The first-order valence-electron chi connectivity index (χ1n) is 8.14. The third-order valence-corrected chi connectivity index (χ3v) is 4.62. The first kappa shape index (κ1) is 20.4. The van der Waals surface area contributed by atoms with Crippen LogP contribution in [0.25, 0.3) is 5.69 Å². The van der Waals surface area contributed by atoms with Gasteiger partial charge in [-0.1, -0.05) is 11.8 Å². The Hall–Kier alpha value is -3.34. The molecule has 2 amide bonds. The summed E-state index contributed by atoms with van der Waals surface area (Å²) in [6.07, 6.45) is -2.13. The molecule has 0 atom stereocenters. The number of nitrogens with zero attached hydrogens (tertiary/aromatic N) is 3. The van der Waals surface area contributed by atoms with Gasteiger partial charge in [-0.2, -0.15) is 18.3 Å². The van der Waals surface area contributed by atoms with Crippen molar-refractivity contribution in [3.63, 3.8) is 0 Å². The van der Waals surface area contributed by atoms with E-state index in [0.29, 0.717) is 16.4 Å². The van der Waals surface area contributed by atoms with E-state index in [9.17, 15) is 22.8 Å². The number of carbonyl (C=O) groups excluding carboxylic acids is 2. The number of alkyl halides is 3. The average Bonchev–Trinajstić information content (AvgIpc) is 3.17. The second kappa shape index (κ2) is 8.35. The summed E-state index contributed by atoms with van der Waals surface area (Å²) in [6, 6.07) is 10.3.